The summed E-state index contributed by atoms with van der Waals surface area (Å²) in [6.07, 6.45) is 3.71. The fourth-order valence-electron chi connectivity index (χ4n) is 3.40. The second-order valence-corrected chi connectivity index (χ2v) is 9.14. The summed E-state index contributed by atoms with van der Waals surface area (Å²) < 4.78 is 26.4. The average molecular weight is 500 g/mol. The van der Waals surface area contributed by atoms with E-state index in [4.69, 9.17) is 21.7 Å². The zero-order chi connectivity index (χ0) is 24.2. The van der Waals surface area contributed by atoms with Crippen molar-refractivity contribution < 1.29 is 18.7 Å². The number of carbonyl (C=O) groups is 1. The van der Waals surface area contributed by atoms with E-state index < -0.39 is 11.4 Å². The van der Waals surface area contributed by atoms with E-state index in [-0.39, 0.29) is 17.4 Å². The Balaban J connectivity index is 1.75. The number of hydrogen-bond acceptors (Lipinski definition) is 7. The number of pyridine rings is 1. The smallest absolute Gasteiger partial charge is 0.269 e. The number of amides is 1. The first-order valence-electron chi connectivity index (χ1n) is 10.7. The molecule has 7 nitrogen and oxygen atoms in total. The molecule has 0 aliphatic carbocycles. The number of rotatable bonds is 8. The first-order valence-corrected chi connectivity index (χ1v) is 11.9. The molecule has 10 heteroatoms. The Bertz CT molecular complexity index is 1340. The van der Waals surface area contributed by atoms with Gasteiger partial charge in [0.2, 0.25) is 5.88 Å². The van der Waals surface area contributed by atoms with E-state index in [1.54, 1.807) is 12.3 Å². The van der Waals surface area contributed by atoms with Crippen LogP contribution in [0.4, 0.5) is 4.39 Å². The molecule has 0 radical (unpaired) electrons. The highest BCUT2D eigenvalue weighted by atomic mass is 32.2. The molecule has 1 saturated heterocycles. The summed E-state index contributed by atoms with van der Waals surface area (Å²) >= 11 is 6.51. The lowest BCUT2D eigenvalue weighted by molar-refractivity contribution is -0.122. The van der Waals surface area contributed by atoms with Crippen LogP contribution in [0, 0.1) is 12.7 Å². The lowest BCUT2D eigenvalue weighted by Gasteiger charge is -2.14. The minimum Gasteiger partial charge on any atom is -0.438 e. The second-order valence-electron chi connectivity index (χ2n) is 7.46. The molecule has 1 amide bonds. The number of hydrogen-bond donors (Lipinski definition) is 0. The Kier molecular flexibility index (Phi) is 7.40. The van der Waals surface area contributed by atoms with Gasteiger partial charge in [-0.25, -0.2) is 4.39 Å². The molecule has 1 aliphatic heterocycles. The van der Waals surface area contributed by atoms with Gasteiger partial charge in [0.25, 0.3) is 11.5 Å². The molecule has 0 N–H and O–H groups in total. The van der Waals surface area contributed by atoms with Crippen molar-refractivity contribution in [2.45, 2.75) is 20.3 Å². The van der Waals surface area contributed by atoms with Crippen molar-refractivity contribution in [1.82, 2.24) is 14.3 Å². The van der Waals surface area contributed by atoms with E-state index in [2.05, 4.69) is 4.98 Å². The maximum Gasteiger partial charge on any atom is 0.269 e. The molecule has 2 aromatic heterocycles. The first kappa shape index (κ1) is 24.1. The highest BCUT2D eigenvalue weighted by molar-refractivity contribution is 8.26. The number of aromatic nitrogens is 2. The highest BCUT2D eigenvalue weighted by Gasteiger charge is 2.32. The molecule has 0 unspecified atom stereocenters. The molecule has 3 heterocycles. The zero-order valence-corrected chi connectivity index (χ0v) is 20.2. The maximum atomic E-state index is 13.4. The summed E-state index contributed by atoms with van der Waals surface area (Å²) in [5.74, 6) is -0.368. The number of aryl methyl sites for hydroxylation is 1. The Hall–Kier alpha value is -3.08. The molecule has 0 bridgehead atoms. The van der Waals surface area contributed by atoms with Gasteiger partial charge in [-0.1, -0.05) is 30.0 Å². The molecule has 3 aromatic rings. The molecular formula is C24H22FN3O4S2. The van der Waals surface area contributed by atoms with E-state index in [1.165, 1.54) is 39.6 Å². The molecule has 1 aromatic carbocycles. The van der Waals surface area contributed by atoms with Crippen LogP contribution in [0.1, 0.15) is 24.5 Å². The number of halogens is 1. The minimum absolute atomic E-state index is 0.0209. The van der Waals surface area contributed by atoms with Crippen LogP contribution in [0.15, 0.2) is 52.3 Å². The maximum absolute atomic E-state index is 13.4. The average Bonchev–Trinajstić information content (AvgIpc) is 3.08. The Morgan fingerprint density at radius 3 is 2.71 bits per heavy atom. The van der Waals surface area contributed by atoms with Crippen LogP contribution in [0.5, 0.6) is 11.6 Å². The van der Waals surface area contributed by atoms with Crippen molar-refractivity contribution in [3.05, 3.63) is 74.8 Å². The quantitative estimate of drug-likeness (QED) is 0.256. The lowest BCUT2D eigenvalue weighted by atomic mass is 10.2. The van der Waals surface area contributed by atoms with Gasteiger partial charge < -0.3 is 9.47 Å². The third-order valence-corrected chi connectivity index (χ3v) is 6.48. The van der Waals surface area contributed by atoms with Gasteiger partial charge in [-0.3, -0.25) is 18.9 Å². The fourth-order valence-corrected chi connectivity index (χ4v) is 4.69. The fraction of sp³-hybridized carbons (Fsp3) is 0.250. The second kappa shape index (κ2) is 10.5. The van der Waals surface area contributed by atoms with E-state index in [0.29, 0.717) is 46.8 Å². The summed E-state index contributed by atoms with van der Waals surface area (Å²) in [5, 5.41) is 0. The van der Waals surface area contributed by atoms with Crippen molar-refractivity contribution >= 4 is 45.9 Å². The summed E-state index contributed by atoms with van der Waals surface area (Å²) in [7, 11) is 0. The van der Waals surface area contributed by atoms with Crippen molar-refractivity contribution in [2.24, 2.45) is 0 Å². The first-order chi connectivity index (χ1) is 16.4. The molecule has 4 rings (SSSR count). The minimum atomic E-state index is -0.414. The summed E-state index contributed by atoms with van der Waals surface area (Å²) in [6, 6.07) is 8.96. The van der Waals surface area contributed by atoms with Crippen LogP contribution < -0.4 is 10.3 Å². The van der Waals surface area contributed by atoms with Gasteiger partial charge in [-0.05, 0) is 62.2 Å². The van der Waals surface area contributed by atoms with Gasteiger partial charge >= 0.3 is 0 Å². The van der Waals surface area contributed by atoms with E-state index in [0.717, 1.165) is 17.3 Å². The van der Waals surface area contributed by atoms with E-state index in [1.807, 2.05) is 19.9 Å². The van der Waals surface area contributed by atoms with Gasteiger partial charge in [-0.2, -0.15) is 4.98 Å². The number of thiocarbonyl (C=S) groups is 1. The largest absolute Gasteiger partial charge is 0.438 e. The number of thioether (sulfide) groups is 1. The van der Waals surface area contributed by atoms with Gasteiger partial charge in [0, 0.05) is 26.0 Å². The van der Waals surface area contributed by atoms with Gasteiger partial charge in [0.05, 0.1) is 4.91 Å². The molecule has 34 heavy (non-hydrogen) atoms. The van der Waals surface area contributed by atoms with Crippen molar-refractivity contribution in [2.75, 3.05) is 19.8 Å². The molecule has 0 atom stereocenters. The van der Waals surface area contributed by atoms with Gasteiger partial charge in [-0.15, -0.1) is 0 Å². The molecule has 1 fully saturated rings. The highest BCUT2D eigenvalue weighted by Crippen LogP contribution is 2.34. The van der Waals surface area contributed by atoms with Crippen molar-refractivity contribution in [3.8, 4) is 11.6 Å². The van der Waals surface area contributed by atoms with Crippen molar-refractivity contribution in [1.29, 1.82) is 0 Å². The van der Waals surface area contributed by atoms with Gasteiger partial charge in [0.15, 0.2) is 0 Å². The summed E-state index contributed by atoms with van der Waals surface area (Å²) in [4.78, 5) is 32.8. The van der Waals surface area contributed by atoms with Crippen LogP contribution in [0.25, 0.3) is 11.7 Å². The van der Waals surface area contributed by atoms with Gasteiger partial charge in [0.1, 0.15) is 27.1 Å². The normalized spacial score (nSPS) is 15.0. The number of benzene rings is 1. The van der Waals surface area contributed by atoms with Crippen LogP contribution in [-0.2, 0) is 9.53 Å². The van der Waals surface area contributed by atoms with Crippen LogP contribution in [0.3, 0.4) is 0 Å². The third-order valence-electron chi connectivity index (χ3n) is 5.10. The number of carbonyl (C=O) groups excluding carboxylic acids is 1. The van der Waals surface area contributed by atoms with Crippen LogP contribution in [-0.4, -0.2) is 44.3 Å². The Morgan fingerprint density at radius 1 is 1.21 bits per heavy atom. The zero-order valence-electron chi connectivity index (χ0n) is 18.6. The van der Waals surface area contributed by atoms with Crippen LogP contribution in [0.2, 0.25) is 0 Å². The van der Waals surface area contributed by atoms with E-state index in [9.17, 15) is 14.0 Å². The third kappa shape index (κ3) is 5.03. The summed E-state index contributed by atoms with van der Waals surface area (Å²) in [5.41, 5.74) is 0.899. The monoisotopic (exact) mass is 499 g/mol. The summed E-state index contributed by atoms with van der Waals surface area (Å²) in [6.45, 7) is 5.29. The van der Waals surface area contributed by atoms with E-state index >= 15 is 0 Å². The number of nitrogens with zero attached hydrogens (tertiary/aromatic N) is 3. The predicted octanol–water partition coefficient (Wildman–Crippen LogP) is 4.56. The molecule has 1 aliphatic rings. The number of ether oxygens (including phenoxy) is 2. The molecule has 0 spiro atoms. The Labute approximate surface area is 205 Å². The SMILES string of the molecule is CCOCCCN1C(=O)/C(=C\c2c(Oc3ccc(F)cc3)nc3c(C)cccn3c2=O)SC1=S. The Morgan fingerprint density at radius 2 is 1.97 bits per heavy atom. The topological polar surface area (TPSA) is 73.1 Å². The van der Waals surface area contributed by atoms with Crippen LogP contribution >= 0.6 is 24.0 Å². The number of fused-ring (bicyclic) bond motifs is 1. The predicted molar refractivity (Wildman–Crippen MR) is 134 cm³/mol. The standard InChI is InChI=1S/C24H22FN3O4S2/c1-3-31-13-5-12-28-23(30)19(34-24(28)33)14-18-21(32-17-9-7-16(25)8-10-17)26-20-15(2)6-4-11-27(20)22(18)29/h4,6-11,14H,3,5,12-13H2,1-2H3/b19-14+. The molecule has 0 saturated carbocycles. The lowest BCUT2D eigenvalue weighted by Crippen LogP contribution is -2.29. The molecule has 176 valence electrons. The molecular weight excluding hydrogens is 477 g/mol. The van der Waals surface area contributed by atoms with Crippen molar-refractivity contribution in [3.63, 3.8) is 0 Å².